The molecular weight excluding hydrogens is 785 g/mol. The summed E-state index contributed by atoms with van der Waals surface area (Å²) in [6.45, 7) is 10.6. The van der Waals surface area contributed by atoms with Gasteiger partial charge < -0.3 is 10.6 Å². The molecule has 0 unspecified atom stereocenters. The maximum atomic E-state index is 12.8. The van der Waals surface area contributed by atoms with Crippen LogP contribution in [0.1, 0.15) is 56.0 Å². The minimum atomic E-state index is -5.03. The van der Waals surface area contributed by atoms with E-state index in [1.165, 1.54) is 6.07 Å². The van der Waals surface area contributed by atoms with Crippen LogP contribution in [0, 0.1) is 41.5 Å². The van der Waals surface area contributed by atoms with Crippen molar-refractivity contribution in [3.8, 4) is 0 Å². The van der Waals surface area contributed by atoms with Gasteiger partial charge in [-0.25, -0.2) is 16.8 Å². The van der Waals surface area contributed by atoms with Crippen molar-refractivity contribution in [2.24, 2.45) is 0 Å². The molecule has 0 aromatic heterocycles. The summed E-state index contributed by atoms with van der Waals surface area (Å²) in [7, 11) is -16.9. The Morgan fingerprint density at radius 2 is 0.873 bits per heavy atom. The number of benzene rings is 5. The lowest BCUT2D eigenvalue weighted by Crippen LogP contribution is -2.12. The monoisotopic (exact) mass is 826 g/mol. The van der Waals surface area contributed by atoms with Crippen LogP contribution in [0.2, 0.25) is 0 Å². The number of hydrogen-bond acceptors (Lipinski definition) is 10. The van der Waals surface area contributed by atoms with Crippen LogP contribution in [0.5, 0.6) is 0 Å². The number of sulfone groups is 2. The predicted octanol–water partition coefficient (Wildman–Crippen LogP) is 7.50. The molecular formula is C39H42N2O10S4. The molecule has 0 saturated carbocycles. The van der Waals surface area contributed by atoms with Crippen molar-refractivity contribution >= 4 is 62.7 Å². The molecule has 0 radical (unpaired) electrons. The molecule has 0 atom stereocenters. The summed E-state index contributed by atoms with van der Waals surface area (Å²) in [4.78, 5) is -0.999. The number of hydrogen-bond donors (Lipinski definition) is 4. The minimum absolute atomic E-state index is 0.0161. The van der Waals surface area contributed by atoms with E-state index in [2.05, 4.69) is 10.6 Å². The second kappa shape index (κ2) is 14.8. The highest BCUT2D eigenvalue weighted by Crippen LogP contribution is 2.40. The van der Waals surface area contributed by atoms with Gasteiger partial charge in [0.25, 0.3) is 20.2 Å². The van der Waals surface area contributed by atoms with E-state index < -0.39 is 55.6 Å². The van der Waals surface area contributed by atoms with Gasteiger partial charge in [0.05, 0.1) is 19.6 Å². The topological polar surface area (TPSA) is 201 Å². The van der Waals surface area contributed by atoms with Crippen LogP contribution < -0.4 is 10.6 Å². The van der Waals surface area contributed by atoms with Gasteiger partial charge in [0.15, 0.2) is 19.7 Å². The average Bonchev–Trinajstić information content (AvgIpc) is 3.04. The zero-order chi connectivity index (χ0) is 41.0. The third-order valence-electron chi connectivity index (χ3n) is 9.44. The van der Waals surface area contributed by atoms with E-state index in [0.29, 0.717) is 62.2 Å². The molecule has 55 heavy (non-hydrogen) atoms. The zero-order valence-corrected chi connectivity index (χ0v) is 34.6. The van der Waals surface area contributed by atoms with E-state index in [9.17, 15) is 42.8 Å². The van der Waals surface area contributed by atoms with Gasteiger partial charge in [-0.3, -0.25) is 9.11 Å². The Kier molecular flexibility index (Phi) is 11.2. The zero-order valence-electron chi connectivity index (χ0n) is 31.4. The normalized spacial score (nSPS) is 12.6. The summed E-state index contributed by atoms with van der Waals surface area (Å²) >= 11 is 0. The molecule has 4 N–H and O–H groups in total. The lowest BCUT2D eigenvalue weighted by Gasteiger charge is -2.23. The predicted molar refractivity (Wildman–Crippen MR) is 214 cm³/mol. The smallest absolute Gasteiger partial charge is 0.294 e. The molecule has 5 rings (SSSR count). The highest BCUT2D eigenvalue weighted by atomic mass is 32.2. The first-order valence-electron chi connectivity index (χ1n) is 16.7. The molecule has 0 heterocycles. The molecule has 0 amide bonds. The van der Waals surface area contributed by atoms with Crippen molar-refractivity contribution in [3.63, 3.8) is 0 Å². The molecule has 0 aliphatic heterocycles. The number of nitrogens with one attached hydrogen (secondary N) is 2. The first-order chi connectivity index (χ1) is 25.3. The van der Waals surface area contributed by atoms with E-state index in [-0.39, 0.29) is 15.4 Å². The summed E-state index contributed by atoms with van der Waals surface area (Å²) in [6, 6.07) is 20.3. The summed E-state index contributed by atoms with van der Waals surface area (Å²) in [5.41, 5.74) is 7.47. The Hall–Kier alpha value is -4.58. The van der Waals surface area contributed by atoms with Crippen molar-refractivity contribution in [1.82, 2.24) is 0 Å². The van der Waals surface area contributed by atoms with Crippen molar-refractivity contribution in [3.05, 3.63) is 129 Å². The summed E-state index contributed by atoms with van der Waals surface area (Å²) in [5.74, 6) is -0.908. The van der Waals surface area contributed by atoms with Gasteiger partial charge in [-0.2, -0.15) is 16.8 Å². The molecule has 0 fully saturated rings. The fourth-order valence-corrected chi connectivity index (χ4v) is 11.3. The Bertz CT molecular complexity index is 2660. The van der Waals surface area contributed by atoms with E-state index in [1.807, 2.05) is 13.8 Å². The number of anilines is 4. The minimum Gasteiger partial charge on any atom is -0.355 e. The maximum absolute atomic E-state index is 12.8. The SMILES string of the molecule is Cc1cc(C)c(S(C)(=O)=O)c(C)c1Nc1ccc(C(c2ccc(Nc3c(C)cc(C)c(S(C)(=O)=O)c3C)cc2)c2ccc(S(=O)(=O)O)cc2S(=O)(=O)O)cc1. The van der Waals surface area contributed by atoms with Gasteiger partial charge in [0.2, 0.25) is 0 Å². The van der Waals surface area contributed by atoms with Crippen LogP contribution >= 0.6 is 0 Å². The van der Waals surface area contributed by atoms with Crippen LogP contribution in [0.25, 0.3) is 0 Å². The lowest BCUT2D eigenvalue weighted by molar-refractivity contribution is 0.480. The first kappa shape index (κ1) is 41.6. The number of rotatable bonds is 11. The van der Waals surface area contributed by atoms with Crippen LogP contribution in [-0.4, -0.2) is 55.3 Å². The Balaban J connectivity index is 1.63. The lowest BCUT2D eigenvalue weighted by atomic mass is 9.85. The Labute approximate surface area is 323 Å². The maximum Gasteiger partial charge on any atom is 0.294 e. The standard InChI is InChI=1S/C39H42N2O10S4/c1-22-19-24(3)38(52(7,42)43)26(5)36(22)40-30-13-9-28(10-14-30)35(33-18-17-32(54(46,47)48)21-34(33)55(49,50)51)29-11-15-31(16-12-29)41-37-23(2)20-25(4)39(27(37)6)53(8,44)45/h9-21,35,40-41H,1-8H3,(H,46,47,48)(H,49,50,51). The summed E-state index contributed by atoms with van der Waals surface area (Å²) in [5, 5.41) is 6.60. The summed E-state index contributed by atoms with van der Waals surface area (Å²) < 4.78 is 120. The van der Waals surface area contributed by atoms with Gasteiger partial charge in [0.1, 0.15) is 0 Å². The molecule has 0 bridgehead atoms. The summed E-state index contributed by atoms with van der Waals surface area (Å²) in [6.07, 6.45) is 2.31. The fraction of sp³-hybridized carbons (Fsp3) is 0.231. The van der Waals surface area contributed by atoms with E-state index in [1.54, 1.807) is 88.4 Å². The molecule has 0 aliphatic rings. The fourth-order valence-electron chi connectivity index (χ4n) is 7.36. The molecule has 0 saturated heterocycles. The molecule has 12 nitrogen and oxygen atoms in total. The molecule has 292 valence electrons. The second-order valence-electron chi connectivity index (χ2n) is 13.8. The largest absolute Gasteiger partial charge is 0.355 e. The van der Waals surface area contributed by atoms with E-state index >= 15 is 0 Å². The van der Waals surface area contributed by atoms with Crippen molar-refractivity contribution < 1.29 is 42.8 Å². The van der Waals surface area contributed by atoms with Crippen LogP contribution in [0.3, 0.4) is 0 Å². The van der Waals surface area contributed by atoms with Crippen molar-refractivity contribution in [2.75, 3.05) is 23.1 Å². The van der Waals surface area contributed by atoms with Gasteiger partial charge in [0, 0.05) is 41.2 Å². The third kappa shape index (κ3) is 8.79. The van der Waals surface area contributed by atoms with Crippen molar-refractivity contribution in [1.29, 1.82) is 0 Å². The average molecular weight is 827 g/mol. The van der Waals surface area contributed by atoms with Gasteiger partial charge in [-0.05, 0) is 128 Å². The van der Waals surface area contributed by atoms with Gasteiger partial charge in [-0.1, -0.05) is 42.5 Å². The highest BCUT2D eigenvalue weighted by molar-refractivity contribution is 7.91. The molecule has 0 spiro atoms. The molecule has 16 heteroatoms. The van der Waals surface area contributed by atoms with Crippen LogP contribution in [0.15, 0.2) is 98.4 Å². The van der Waals surface area contributed by atoms with E-state index in [4.69, 9.17) is 0 Å². The van der Waals surface area contributed by atoms with Crippen molar-refractivity contribution in [2.45, 2.75) is 67.0 Å². The first-order valence-corrected chi connectivity index (χ1v) is 23.4. The van der Waals surface area contributed by atoms with E-state index in [0.717, 1.165) is 29.7 Å². The Morgan fingerprint density at radius 3 is 1.20 bits per heavy atom. The van der Waals surface area contributed by atoms with Crippen LogP contribution in [0.4, 0.5) is 22.7 Å². The molecule has 0 aliphatic carbocycles. The number of aryl methyl sites for hydroxylation is 4. The van der Waals surface area contributed by atoms with Gasteiger partial charge in [-0.15, -0.1) is 0 Å². The van der Waals surface area contributed by atoms with Gasteiger partial charge >= 0.3 is 0 Å². The van der Waals surface area contributed by atoms with Crippen LogP contribution in [-0.2, 0) is 39.9 Å². The molecule has 5 aromatic rings. The second-order valence-corrected chi connectivity index (χ2v) is 20.5. The molecule has 5 aromatic carbocycles. The quantitative estimate of drug-likeness (QED) is 0.0756. The third-order valence-corrected chi connectivity index (χ3v) is 13.9. The highest BCUT2D eigenvalue weighted by Gasteiger charge is 2.28. The Morgan fingerprint density at radius 1 is 0.491 bits per heavy atom.